The van der Waals surface area contributed by atoms with E-state index in [0.29, 0.717) is 25.1 Å². The Balaban J connectivity index is 0.000000676. The van der Waals surface area contributed by atoms with E-state index in [-0.39, 0.29) is 22.6 Å². The molecule has 1 heterocycles. The number of hydrogen-bond acceptors (Lipinski definition) is 10. The molecule has 2 atom stereocenters. The second-order valence-corrected chi connectivity index (χ2v) is 9.31. The average Bonchev–Trinajstić information content (AvgIpc) is 3.18. The third kappa shape index (κ3) is 9.35. The number of amides is 1. The smallest absolute Gasteiger partial charge is 0.490 e. The first-order valence-electron chi connectivity index (χ1n) is 12.9. The van der Waals surface area contributed by atoms with Gasteiger partial charge in [0.2, 0.25) is 0 Å². The Hall–Kier alpha value is -5.31. The Labute approximate surface area is 247 Å². The fraction of sp³-hybridized carbons (Fsp3) is 0.241. The van der Waals surface area contributed by atoms with Crippen LogP contribution in [0.1, 0.15) is 43.9 Å². The number of aromatic hydroxyl groups is 3. The molecule has 1 fully saturated rings. The minimum absolute atomic E-state index is 0.0394. The molecule has 4 rings (SSSR count). The molecular formula is C29H27F3N2O10. The lowest BCUT2D eigenvalue weighted by Gasteiger charge is -2.26. The van der Waals surface area contributed by atoms with Crippen LogP contribution in [0, 0.1) is 0 Å². The summed E-state index contributed by atoms with van der Waals surface area (Å²) in [6.07, 6.45) is -4.34. The molecule has 234 valence electrons. The molecule has 3 aromatic carbocycles. The number of carbonyl (C=O) groups is 4. The van der Waals surface area contributed by atoms with Crippen LogP contribution >= 0.6 is 0 Å². The van der Waals surface area contributed by atoms with Gasteiger partial charge in [0.25, 0.3) is 5.91 Å². The largest absolute Gasteiger partial charge is 0.508 e. The number of rotatable bonds is 6. The monoisotopic (exact) mass is 620 g/mol. The molecular weight excluding hydrogens is 593 g/mol. The predicted octanol–water partition coefficient (Wildman–Crippen LogP) is 3.36. The second-order valence-electron chi connectivity index (χ2n) is 9.31. The topological polar surface area (TPSA) is 192 Å². The van der Waals surface area contributed by atoms with E-state index in [4.69, 9.17) is 19.4 Å². The summed E-state index contributed by atoms with van der Waals surface area (Å²) < 4.78 is 42.6. The minimum Gasteiger partial charge on any atom is -0.508 e. The van der Waals surface area contributed by atoms with E-state index in [9.17, 15) is 42.9 Å². The van der Waals surface area contributed by atoms with Crippen LogP contribution in [-0.4, -0.2) is 75.7 Å². The van der Waals surface area contributed by atoms with Gasteiger partial charge in [-0.2, -0.15) is 13.2 Å². The molecule has 44 heavy (non-hydrogen) atoms. The van der Waals surface area contributed by atoms with Crippen LogP contribution in [0.4, 0.5) is 13.2 Å². The lowest BCUT2D eigenvalue weighted by atomic mass is 10.1. The summed E-state index contributed by atoms with van der Waals surface area (Å²) in [5.41, 5.74) is 0.221. The summed E-state index contributed by atoms with van der Waals surface area (Å²) in [6, 6.07) is 14.9. The van der Waals surface area contributed by atoms with Gasteiger partial charge in [0, 0.05) is 12.1 Å². The van der Waals surface area contributed by atoms with E-state index in [0.717, 1.165) is 6.42 Å². The van der Waals surface area contributed by atoms with Crippen LogP contribution in [0.5, 0.6) is 23.0 Å². The summed E-state index contributed by atoms with van der Waals surface area (Å²) >= 11 is 0. The summed E-state index contributed by atoms with van der Waals surface area (Å²) in [6.45, 7) is 1.12. The van der Waals surface area contributed by atoms with Gasteiger partial charge < -0.3 is 40.5 Å². The van der Waals surface area contributed by atoms with Crippen molar-refractivity contribution in [2.75, 3.05) is 13.1 Å². The number of nitrogens with one attached hydrogen (secondary N) is 2. The van der Waals surface area contributed by atoms with E-state index < -0.39 is 53.6 Å². The Morgan fingerprint density at radius 2 is 1.41 bits per heavy atom. The van der Waals surface area contributed by atoms with Crippen LogP contribution in [0.2, 0.25) is 0 Å². The standard InChI is InChI=1S/C27H26N2O8.C2HF3O2/c30-18-10-6-17(7-11-18)26(34)37-23-5-2-14-28-15-20(23)29-25(33)16-8-12-19(13-9-16)36-27(35)24-21(31)3-1-4-22(24)32;3-2(4,5)1(6)7/h1,3-4,6-13,20,23,28,30-32H,2,5,14-15H2,(H,29,33);(H,6,7)/t20-,23-;/m1./s1. The van der Waals surface area contributed by atoms with Gasteiger partial charge in [-0.1, -0.05) is 6.07 Å². The molecule has 0 spiro atoms. The van der Waals surface area contributed by atoms with E-state index in [1.165, 1.54) is 66.7 Å². The van der Waals surface area contributed by atoms with Crippen LogP contribution in [-0.2, 0) is 9.53 Å². The Morgan fingerprint density at radius 3 is 1.98 bits per heavy atom. The van der Waals surface area contributed by atoms with E-state index in [1.54, 1.807) is 0 Å². The fourth-order valence-electron chi connectivity index (χ4n) is 3.93. The molecule has 1 aliphatic heterocycles. The van der Waals surface area contributed by atoms with Crippen LogP contribution in [0.15, 0.2) is 66.7 Å². The molecule has 6 N–H and O–H groups in total. The summed E-state index contributed by atoms with van der Waals surface area (Å²) in [5.74, 6) is -5.34. The van der Waals surface area contributed by atoms with Gasteiger partial charge in [0.05, 0.1) is 11.6 Å². The normalized spacial score (nSPS) is 16.3. The van der Waals surface area contributed by atoms with Crippen molar-refractivity contribution in [3.63, 3.8) is 0 Å². The van der Waals surface area contributed by atoms with E-state index in [2.05, 4.69) is 10.6 Å². The zero-order valence-corrected chi connectivity index (χ0v) is 22.7. The first kappa shape index (κ1) is 33.2. The molecule has 1 aliphatic rings. The van der Waals surface area contributed by atoms with Gasteiger partial charge in [-0.25, -0.2) is 14.4 Å². The highest BCUT2D eigenvalue weighted by atomic mass is 19.4. The SMILES string of the molecule is O=C(N[C@@H]1CNCCC[C@H]1OC(=O)c1ccc(O)cc1)c1ccc(OC(=O)c2c(O)cccc2O)cc1.O=C(O)C(F)(F)F. The van der Waals surface area contributed by atoms with Crippen LogP contribution in [0.25, 0.3) is 0 Å². The lowest BCUT2D eigenvalue weighted by Crippen LogP contribution is -2.49. The molecule has 12 nitrogen and oxygen atoms in total. The molecule has 0 saturated carbocycles. The van der Waals surface area contributed by atoms with Crippen molar-refractivity contribution in [1.82, 2.24) is 10.6 Å². The molecule has 1 saturated heterocycles. The number of aliphatic carboxylic acids is 1. The van der Waals surface area contributed by atoms with Gasteiger partial charge in [-0.3, -0.25) is 4.79 Å². The lowest BCUT2D eigenvalue weighted by molar-refractivity contribution is -0.192. The van der Waals surface area contributed by atoms with E-state index >= 15 is 0 Å². The van der Waals surface area contributed by atoms with Crippen LogP contribution in [0.3, 0.4) is 0 Å². The number of phenols is 3. The predicted molar refractivity (Wildman–Crippen MR) is 146 cm³/mol. The van der Waals surface area contributed by atoms with Crippen molar-refractivity contribution in [3.05, 3.63) is 83.4 Å². The average molecular weight is 621 g/mol. The Kier molecular flexibility index (Phi) is 11.1. The molecule has 0 radical (unpaired) electrons. The summed E-state index contributed by atoms with van der Waals surface area (Å²) in [5, 5.41) is 42.3. The highest BCUT2D eigenvalue weighted by Gasteiger charge is 2.38. The molecule has 0 unspecified atom stereocenters. The number of carboxylic acids is 1. The van der Waals surface area contributed by atoms with Gasteiger partial charge in [0.1, 0.15) is 34.7 Å². The van der Waals surface area contributed by atoms with Gasteiger partial charge >= 0.3 is 24.1 Å². The van der Waals surface area contributed by atoms with Crippen molar-refractivity contribution in [1.29, 1.82) is 0 Å². The second kappa shape index (κ2) is 14.7. The number of carboxylic acid groups (broad SMARTS) is 1. The first-order valence-corrected chi connectivity index (χ1v) is 12.9. The van der Waals surface area contributed by atoms with Crippen molar-refractivity contribution in [3.8, 4) is 23.0 Å². The molecule has 0 aliphatic carbocycles. The third-order valence-electron chi connectivity index (χ3n) is 6.13. The zero-order chi connectivity index (χ0) is 32.4. The molecule has 15 heteroatoms. The molecule has 0 bridgehead atoms. The highest BCUT2D eigenvalue weighted by molar-refractivity contribution is 5.97. The summed E-state index contributed by atoms with van der Waals surface area (Å²) in [4.78, 5) is 46.8. The number of ether oxygens (including phenoxy) is 2. The number of alkyl halides is 3. The van der Waals surface area contributed by atoms with E-state index in [1.807, 2.05) is 0 Å². The Bertz CT molecular complexity index is 1460. The zero-order valence-electron chi connectivity index (χ0n) is 22.7. The molecule has 1 amide bonds. The Morgan fingerprint density at radius 1 is 0.841 bits per heavy atom. The minimum atomic E-state index is -5.08. The van der Waals surface area contributed by atoms with Gasteiger partial charge in [-0.05, 0) is 80.1 Å². The van der Waals surface area contributed by atoms with Gasteiger partial charge in [0.15, 0.2) is 0 Å². The van der Waals surface area contributed by atoms with Crippen molar-refractivity contribution < 1.29 is 62.2 Å². The molecule has 0 aromatic heterocycles. The number of phenolic OH excluding ortho intramolecular Hbond substituents is 3. The van der Waals surface area contributed by atoms with Gasteiger partial charge in [-0.15, -0.1) is 0 Å². The number of carbonyl (C=O) groups excluding carboxylic acids is 3. The first-order chi connectivity index (χ1) is 20.8. The number of halogens is 3. The molecule has 3 aromatic rings. The number of hydrogen-bond donors (Lipinski definition) is 6. The van der Waals surface area contributed by atoms with Crippen molar-refractivity contribution in [2.24, 2.45) is 0 Å². The highest BCUT2D eigenvalue weighted by Crippen LogP contribution is 2.28. The maximum absolute atomic E-state index is 12.9. The fourth-order valence-corrected chi connectivity index (χ4v) is 3.93. The van der Waals surface area contributed by atoms with Crippen LogP contribution < -0.4 is 15.4 Å². The maximum atomic E-state index is 12.9. The third-order valence-corrected chi connectivity index (χ3v) is 6.13. The maximum Gasteiger partial charge on any atom is 0.490 e. The quantitative estimate of drug-likeness (QED) is 0.175. The number of esters is 2. The van der Waals surface area contributed by atoms with Crippen molar-refractivity contribution in [2.45, 2.75) is 31.2 Å². The number of benzene rings is 3. The summed E-state index contributed by atoms with van der Waals surface area (Å²) in [7, 11) is 0. The van der Waals surface area contributed by atoms with Crippen molar-refractivity contribution >= 4 is 23.8 Å².